The summed E-state index contributed by atoms with van der Waals surface area (Å²) >= 11 is 0. The first kappa shape index (κ1) is 14.6. The molecule has 2 aliphatic rings. The van der Waals surface area contributed by atoms with E-state index in [0.29, 0.717) is 17.7 Å². The quantitative estimate of drug-likeness (QED) is 0.926. The maximum atomic E-state index is 11.2. The molecule has 3 unspecified atom stereocenters. The van der Waals surface area contributed by atoms with Crippen LogP contribution < -0.4 is 0 Å². The van der Waals surface area contributed by atoms with Crippen LogP contribution in [0.25, 0.3) is 0 Å². The molecule has 0 amide bonds. The third-order valence-electron chi connectivity index (χ3n) is 6.43. The monoisotopic (exact) mass is 292 g/mol. The SMILES string of the molecule is Cn1ncc(C(=O)O)c1COC1CC2CCC1(C)C2(C)C. The summed E-state index contributed by atoms with van der Waals surface area (Å²) in [6.07, 6.45) is 5.18. The van der Waals surface area contributed by atoms with Crippen LogP contribution in [0.4, 0.5) is 0 Å². The average Bonchev–Trinajstić information content (AvgIpc) is 2.94. The molecule has 0 spiro atoms. The van der Waals surface area contributed by atoms with Gasteiger partial charge in [0, 0.05) is 7.05 Å². The fraction of sp³-hybridized carbons (Fsp3) is 0.750. The van der Waals surface area contributed by atoms with Crippen molar-refractivity contribution in [2.24, 2.45) is 23.8 Å². The molecule has 5 nitrogen and oxygen atoms in total. The van der Waals surface area contributed by atoms with Crippen molar-refractivity contribution in [3.63, 3.8) is 0 Å². The first-order valence-corrected chi connectivity index (χ1v) is 7.63. The van der Waals surface area contributed by atoms with Crippen molar-refractivity contribution >= 4 is 5.97 Å². The van der Waals surface area contributed by atoms with Crippen LogP contribution in [-0.2, 0) is 18.4 Å². The Bertz CT molecular complexity index is 578. The molecule has 116 valence electrons. The van der Waals surface area contributed by atoms with E-state index in [4.69, 9.17) is 4.74 Å². The number of fused-ring (bicyclic) bond motifs is 2. The second-order valence-electron chi connectivity index (χ2n) is 7.34. The summed E-state index contributed by atoms with van der Waals surface area (Å²) in [7, 11) is 1.76. The van der Waals surface area contributed by atoms with Gasteiger partial charge in [-0.25, -0.2) is 4.79 Å². The fourth-order valence-electron chi connectivity index (χ4n) is 4.37. The highest BCUT2D eigenvalue weighted by molar-refractivity contribution is 5.88. The van der Waals surface area contributed by atoms with Gasteiger partial charge in [-0.05, 0) is 36.0 Å². The summed E-state index contributed by atoms with van der Waals surface area (Å²) in [4.78, 5) is 11.2. The second-order valence-corrected chi connectivity index (χ2v) is 7.34. The third-order valence-corrected chi connectivity index (χ3v) is 6.43. The highest BCUT2D eigenvalue weighted by Crippen LogP contribution is 2.66. The Balaban J connectivity index is 1.76. The minimum atomic E-state index is -0.943. The standard InChI is InChI=1S/C16H24N2O3/c1-15(2)10-5-6-16(15,3)13(7-10)21-9-12-11(14(19)20)8-17-18(12)4/h8,10,13H,5-7,9H2,1-4H3,(H,19,20). The minimum Gasteiger partial charge on any atom is -0.478 e. The minimum absolute atomic E-state index is 0.194. The van der Waals surface area contributed by atoms with Crippen LogP contribution >= 0.6 is 0 Å². The molecule has 0 aliphatic heterocycles. The van der Waals surface area contributed by atoms with Crippen LogP contribution in [0.5, 0.6) is 0 Å². The number of aryl methyl sites for hydroxylation is 1. The van der Waals surface area contributed by atoms with Gasteiger partial charge in [0.2, 0.25) is 0 Å². The van der Waals surface area contributed by atoms with E-state index in [9.17, 15) is 9.90 Å². The van der Waals surface area contributed by atoms with E-state index in [1.807, 2.05) is 0 Å². The van der Waals surface area contributed by atoms with Gasteiger partial charge >= 0.3 is 5.97 Å². The molecule has 2 bridgehead atoms. The van der Waals surface area contributed by atoms with Gasteiger partial charge in [0.1, 0.15) is 5.56 Å². The zero-order chi connectivity index (χ0) is 15.4. The molecule has 1 N–H and O–H groups in total. The molecule has 0 aromatic carbocycles. The zero-order valence-corrected chi connectivity index (χ0v) is 13.2. The molecular formula is C16H24N2O3. The van der Waals surface area contributed by atoms with Crippen molar-refractivity contribution < 1.29 is 14.6 Å². The molecule has 3 atom stereocenters. The summed E-state index contributed by atoms with van der Waals surface area (Å²) in [6, 6.07) is 0. The van der Waals surface area contributed by atoms with E-state index in [2.05, 4.69) is 25.9 Å². The molecule has 1 aromatic rings. The van der Waals surface area contributed by atoms with Crippen LogP contribution in [0.2, 0.25) is 0 Å². The highest BCUT2D eigenvalue weighted by atomic mass is 16.5. The van der Waals surface area contributed by atoms with Gasteiger partial charge in [-0.3, -0.25) is 4.68 Å². The van der Waals surface area contributed by atoms with Crippen molar-refractivity contribution in [2.45, 2.75) is 52.7 Å². The summed E-state index contributed by atoms with van der Waals surface area (Å²) in [6.45, 7) is 7.34. The molecule has 3 rings (SSSR count). The van der Waals surface area contributed by atoms with Crippen molar-refractivity contribution in [3.8, 4) is 0 Å². The van der Waals surface area contributed by atoms with Crippen molar-refractivity contribution in [2.75, 3.05) is 0 Å². The van der Waals surface area contributed by atoms with Crippen molar-refractivity contribution in [1.29, 1.82) is 0 Å². The van der Waals surface area contributed by atoms with E-state index < -0.39 is 5.97 Å². The lowest BCUT2D eigenvalue weighted by atomic mass is 9.70. The van der Waals surface area contributed by atoms with E-state index in [-0.39, 0.29) is 17.1 Å². The number of aromatic nitrogens is 2. The molecule has 2 saturated carbocycles. The van der Waals surface area contributed by atoms with E-state index >= 15 is 0 Å². The second kappa shape index (κ2) is 4.57. The molecule has 1 aromatic heterocycles. The van der Waals surface area contributed by atoms with E-state index in [1.54, 1.807) is 11.7 Å². The fourth-order valence-corrected chi connectivity index (χ4v) is 4.37. The number of carbonyl (C=O) groups is 1. The summed E-state index contributed by atoms with van der Waals surface area (Å²) in [5.41, 5.74) is 1.39. The number of hydrogen-bond donors (Lipinski definition) is 1. The zero-order valence-electron chi connectivity index (χ0n) is 13.2. The number of hydrogen-bond acceptors (Lipinski definition) is 3. The average molecular weight is 292 g/mol. The maximum absolute atomic E-state index is 11.2. The normalized spacial score (nSPS) is 33.5. The number of carboxylic acid groups (broad SMARTS) is 1. The number of ether oxygens (including phenoxy) is 1. The number of carboxylic acids is 1. The first-order chi connectivity index (χ1) is 9.77. The largest absolute Gasteiger partial charge is 0.478 e. The maximum Gasteiger partial charge on any atom is 0.339 e. The van der Waals surface area contributed by atoms with Crippen LogP contribution in [0, 0.1) is 16.7 Å². The topological polar surface area (TPSA) is 64.4 Å². The Hall–Kier alpha value is -1.36. The van der Waals surface area contributed by atoms with Gasteiger partial charge in [0.25, 0.3) is 0 Å². The summed E-state index contributed by atoms with van der Waals surface area (Å²) < 4.78 is 7.77. The van der Waals surface area contributed by atoms with Crippen molar-refractivity contribution in [1.82, 2.24) is 9.78 Å². The van der Waals surface area contributed by atoms with Gasteiger partial charge in [0.15, 0.2) is 0 Å². The molecule has 2 aliphatic carbocycles. The Kier molecular flexibility index (Phi) is 3.17. The molecule has 21 heavy (non-hydrogen) atoms. The summed E-state index contributed by atoms with van der Waals surface area (Å²) in [5.74, 6) is -0.223. The van der Waals surface area contributed by atoms with Crippen molar-refractivity contribution in [3.05, 3.63) is 17.5 Å². The Morgan fingerprint density at radius 1 is 1.52 bits per heavy atom. The van der Waals surface area contributed by atoms with E-state index in [1.165, 1.54) is 19.0 Å². The molecule has 1 heterocycles. The van der Waals surface area contributed by atoms with Crippen LogP contribution in [0.3, 0.4) is 0 Å². The molecule has 5 heteroatoms. The lowest BCUT2D eigenvalue weighted by Gasteiger charge is -2.38. The van der Waals surface area contributed by atoms with Crippen LogP contribution in [-0.4, -0.2) is 27.0 Å². The Labute approximate surface area is 125 Å². The van der Waals surface area contributed by atoms with E-state index in [0.717, 1.165) is 12.3 Å². The molecule has 2 fully saturated rings. The third kappa shape index (κ3) is 1.94. The highest BCUT2D eigenvalue weighted by Gasteiger charge is 2.61. The van der Waals surface area contributed by atoms with Crippen LogP contribution in [0.1, 0.15) is 56.1 Å². The lowest BCUT2D eigenvalue weighted by molar-refractivity contribution is -0.0570. The Morgan fingerprint density at radius 3 is 2.76 bits per heavy atom. The predicted octanol–water partition coefficient (Wildman–Crippen LogP) is 2.85. The van der Waals surface area contributed by atoms with Gasteiger partial charge < -0.3 is 9.84 Å². The number of nitrogens with zero attached hydrogens (tertiary/aromatic N) is 2. The number of aromatic carboxylic acids is 1. The smallest absolute Gasteiger partial charge is 0.339 e. The predicted molar refractivity (Wildman–Crippen MR) is 78.0 cm³/mol. The van der Waals surface area contributed by atoms with Gasteiger partial charge in [-0.2, -0.15) is 5.10 Å². The first-order valence-electron chi connectivity index (χ1n) is 7.63. The molecule has 0 saturated heterocycles. The summed E-state index contributed by atoms with van der Waals surface area (Å²) in [5, 5.41) is 13.2. The molecule has 0 radical (unpaired) electrons. The number of rotatable bonds is 4. The van der Waals surface area contributed by atoms with Gasteiger partial charge in [-0.1, -0.05) is 20.8 Å². The molecular weight excluding hydrogens is 268 g/mol. The lowest BCUT2D eigenvalue weighted by Crippen LogP contribution is -2.37. The Morgan fingerprint density at radius 2 is 2.24 bits per heavy atom. The van der Waals surface area contributed by atoms with Gasteiger partial charge in [-0.15, -0.1) is 0 Å². The van der Waals surface area contributed by atoms with Gasteiger partial charge in [0.05, 0.1) is 24.6 Å². The van der Waals surface area contributed by atoms with Crippen LogP contribution in [0.15, 0.2) is 6.20 Å².